The summed E-state index contributed by atoms with van der Waals surface area (Å²) in [6.07, 6.45) is 0. The lowest BCUT2D eigenvalue weighted by Gasteiger charge is -2.35. The first kappa shape index (κ1) is 17.4. The first-order chi connectivity index (χ1) is 12.7. The third kappa shape index (κ3) is 3.10. The molecule has 0 aromatic heterocycles. The zero-order chi connectivity index (χ0) is 18.1. The van der Waals surface area contributed by atoms with Gasteiger partial charge in [0.1, 0.15) is 0 Å². The average Bonchev–Trinajstić information content (AvgIpc) is 2.68. The van der Waals surface area contributed by atoms with Crippen molar-refractivity contribution in [1.29, 1.82) is 0 Å². The fourth-order valence-corrected chi connectivity index (χ4v) is 4.87. The molecule has 3 heteroatoms. The smallest absolute Gasteiger partial charge is 0.0632 e. The number of likely N-dealkylation sites (N-methyl/N-ethyl adjacent to an activating group) is 1. The Balaban J connectivity index is 1.84. The molecule has 0 saturated carbocycles. The minimum Gasteiger partial charge on any atom is -0.338 e. The zero-order valence-electron chi connectivity index (χ0n) is 15.8. The van der Waals surface area contributed by atoms with Gasteiger partial charge in [-0.1, -0.05) is 62.0 Å². The molecule has 0 spiro atoms. The third-order valence-electron chi connectivity index (χ3n) is 5.29. The summed E-state index contributed by atoms with van der Waals surface area (Å²) in [6, 6.07) is 20.1. The summed E-state index contributed by atoms with van der Waals surface area (Å²) in [7, 11) is 0. The summed E-state index contributed by atoms with van der Waals surface area (Å²) in [5.74, 6) is 0. The molecule has 26 heavy (non-hydrogen) atoms. The minimum atomic E-state index is 1.01. The number of anilines is 2. The molecule has 0 atom stereocenters. The molecule has 4 rings (SSSR count). The predicted molar refractivity (Wildman–Crippen MR) is 114 cm³/mol. The lowest BCUT2D eigenvalue weighted by molar-refractivity contribution is 0.312. The highest BCUT2D eigenvalue weighted by Crippen LogP contribution is 2.50. The van der Waals surface area contributed by atoms with Crippen LogP contribution in [0.15, 0.2) is 64.4 Å². The highest BCUT2D eigenvalue weighted by Gasteiger charge is 2.25. The van der Waals surface area contributed by atoms with E-state index in [-0.39, 0.29) is 0 Å². The third-order valence-corrected chi connectivity index (χ3v) is 6.41. The molecule has 0 aliphatic carbocycles. The van der Waals surface area contributed by atoms with Crippen molar-refractivity contribution in [2.75, 3.05) is 31.1 Å². The predicted octanol–water partition coefficient (Wildman–Crippen LogP) is 6.09. The number of hydrogen-bond acceptors (Lipinski definition) is 3. The Kier molecular flexibility index (Phi) is 4.92. The van der Waals surface area contributed by atoms with E-state index in [1.807, 2.05) is 11.8 Å². The van der Waals surface area contributed by atoms with Crippen LogP contribution in [0.5, 0.6) is 0 Å². The van der Waals surface area contributed by atoms with Gasteiger partial charge in [-0.05, 0) is 49.2 Å². The highest BCUT2D eigenvalue weighted by atomic mass is 32.2. The Hall–Kier alpha value is -1.97. The number of hydrogen-bond donors (Lipinski definition) is 0. The van der Waals surface area contributed by atoms with Crippen LogP contribution in [0.4, 0.5) is 11.4 Å². The largest absolute Gasteiger partial charge is 0.338 e. The van der Waals surface area contributed by atoms with E-state index >= 15 is 0 Å². The molecule has 2 nitrogen and oxygen atoms in total. The van der Waals surface area contributed by atoms with Crippen molar-refractivity contribution in [3.63, 3.8) is 0 Å². The van der Waals surface area contributed by atoms with Crippen LogP contribution in [0.25, 0.3) is 10.8 Å². The Morgan fingerprint density at radius 3 is 2.50 bits per heavy atom. The zero-order valence-corrected chi connectivity index (χ0v) is 16.6. The van der Waals surface area contributed by atoms with E-state index in [2.05, 4.69) is 85.2 Å². The molecule has 0 unspecified atom stereocenters. The molecule has 3 aromatic carbocycles. The van der Waals surface area contributed by atoms with Gasteiger partial charge < -0.3 is 9.80 Å². The fraction of sp³-hybridized carbons (Fsp3) is 0.304. The van der Waals surface area contributed by atoms with Crippen molar-refractivity contribution in [2.45, 2.75) is 30.6 Å². The van der Waals surface area contributed by atoms with Gasteiger partial charge >= 0.3 is 0 Å². The van der Waals surface area contributed by atoms with Crippen LogP contribution in [-0.2, 0) is 0 Å². The summed E-state index contributed by atoms with van der Waals surface area (Å²) in [5, 5.41) is 2.67. The molecule has 3 aromatic rings. The Labute approximate surface area is 160 Å². The van der Waals surface area contributed by atoms with Crippen LogP contribution in [0, 0.1) is 6.92 Å². The SMILES string of the molecule is CCN(CC)CCN1c2cc(C)ccc2Sc2ccc3ccccc3c21. The second kappa shape index (κ2) is 7.34. The molecule has 0 amide bonds. The normalized spacial score (nSPS) is 13.2. The minimum absolute atomic E-state index is 1.01. The first-order valence-electron chi connectivity index (χ1n) is 9.51. The molecule has 1 aliphatic rings. The van der Waals surface area contributed by atoms with E-state index < -0.39 is 0 Å². The van der Waals surface area contributed by atoms with Crippen molar-refractivity contribution >= 4 is 33.9 Å². The molecule has 134 valence electrons. The molecule has 0 N–H and O–H groups in total. The monoisotopic (exact) mass is 362 g/mol. The van der Waals surface area contributed by atoms with Gasteiger partial charge in [0.05, 0.1) is 11.4 Å². The quantitative estimate of drug-likeness (QED) is 0.542. The van der Waals surface area contributed by atoms with Crippen molar-refractivity contribution in [2.24, 2.45) is 0 Å². The van der Waals surface area contributed by atoms with Gasteiger partial charge in [0.2, 0.25) is 0 Å². The van der Waals surface area contributed by atoms with Crippen molar-refractivity contribution < 1.29 is 0 Å². The standard InChI is InChI=1S/C23H26N2S/c1-4-24(5-2)14-15-25-20-16-17(3)10-12-21(20)26-22-13-11-18-8-6-7-9-19(18)23(22)25/h6-13,16H,4-5,14-15H2,1-3H3. The topological polar surface area (TPSA) is 6.48 Å². The van der Waals surface area contributed by atoms with Gasteiger partial charge in [0.15, 0.2) is 0 Å². The molecule has 0 saturated heterocycles. The fourth-order valence-electron chi connectivity index (χ4n) is 3.77. The lowest BCUT2D eigenvalue weighted by atomic mass is 10.1. The van der Waals surface area contributed by atoms with Gasteiger partial charge in [-0.3, -0.25) is 0 Å². The van der Waals surface area contributed by atoms with E-state index in [1.165, 1.54) is 37.5 Å². The lowest BCUT2D eigenvalue weighted by Crippen LogP contribution is -2.34. The summed E-state index contributed by atoms with van der Waals surface area (Å²) in [6.45, 7) is 11.0. The van der Waals surface area contributed by atoms with E-state index in [0.717, 1.165) is 26.2 Å². The second-order valence-corrected chi connectivity index (χ2v) is 7.97. The second-order valence-electron chi connectivity index (χ2n) is 6.89. The van der Waals surface area contributed by atoms with Gasteiger partial charge in [-0.2, -0.15) is 0 Å². The summed E-state index contributed by atoms with van der Waals surface area (Å²) in [4.78, 5) is 7.77. The maximum Gasteiger partial charge on any atom is 0.0632 e. The van der Waals surface area contributed by atoms with Gasteiger partial charge in [0.25, 0.3) is 0 Å². The Bertz CT molecular complexity index is 931. The van der Waals surface area contributed by atoms with Gasteiger partial charge in [-0.15, -0.1) is 0 Å². The summed E-state index contributed by atoms with van der Waals surface area (Å²) < 4.78 is 0. The highest BCUT2D eigenvalue weighted by molar-refractivity contribution is 7.99. The Morgan fingerprint density at radius 2 is 1.69 bits per heavy atom. The number of rotatable bonds is 5. The first-order valence-corrected chi connectivity index (χ1v) is 10.3. The van der Waals surface area contributed by atoms with Crippen LogP contribution >= 0.6 is 11.8 Å². The number of aryl methyl sites for hydroxylation is 1. The van der Waals surface area contributed by atoms with E-state index in [4.69, 9.17) is 0 Å². The maximum atomic E-state index is 2.55. The van der Waals surface area contributed by atoms with Crippen molar-refractivity contribution in [3.8, 4) is 0 Å². The molecule has 1 heterocycles. The van der Waals surface area contributed by atoms with Gasteiger partial charge in [0, 0.05) is 28.3 Å². The number of benzene rings is 3. The average molecular weight is 363 g/mol. The molecular formula is C23H26N2S. The Morgan fingerprint density at radius 1 is 0.923 bits per heavy atom. The maximum absolute atomic E-state index is 2.55. The van der Waals surface area contributed by atoms with Crippen LogP contribution in [0.3, 0.4) is 0 Å². The number of nitrogens with zero attached hydrogens (tertiary/aromatic N) is 2. The van der Waals surface area contributed by atoms with Crippen molar-refractivity contribution in [3.05, 3.63) is 60.2 Å². The van der Waals surface area contributed by atoms with E-state index in [9.17, 15) is 0 Å². The van der Waals surface area contributed by atoms with Crippen LogP contribution < -0.4 is 4.90 Å². The molecular weight excluding hydrogens is 336 g/mol. The van der Waals surface area contributed by atoms with Crippen molar-refractivity contribution in [1.82, 2.24) is 4.90 Å². The summed E-state index contributed by atoms with van der Waals surface area (Å²) >= 11 is 1.90. The van der Waals surface area contributed by atoms with Gasteiger partial charge in [-0.25, -0.2) is 0 Å². The number of fused-ring (bicyclic) bond motifs is 4. The summed E-state index contributed by atoms with van der Waals surface area (Å²) in [5.41, 5.74) is 4.05. The molecule has 0 fully saturated rings. The van der Waals surface area contributed by atoms with Crippen LogP contribution in [0.1, 0.15) is 19.4 Å². The van der Waals surface area contributed by atoms with Crippen LogP contribution in [0.2, 0.25) is 0 Å². The van der Waals surface area contributed by atoms with E-state index in [0.29, 0.717) is 0 Å². The van der Waals surface area contributed by atoms with Crippen LogP contribution in [-0.4, -0.2) is 31.1 Å². The molecule has 0 radical (unpaired) electrons. The molecule has 0 bridgehead atoms. The van der Waals surface area contributed by atoms with E-state index in [1.54, 1.807) is 0 Å². The molecule has 1 aliphatic heterocycles.